The van der Waals surface area contributed by atoms with Gasteiger partial charge >= 0.3 is 10.2 Å². The van der Waals surface area contributed by atoms with Crippen LogP contribution in [0.15, 0.2) is 12.1 Å². The standard InChI is InChI=1S/C19H23Cl2FN2O4S/c1-24(2)29(26,27)23-17(25)13-4-14(20)16(5-15(13)22)28-10-18-6-11-3-12(7-18)9-19(18,21)8-11/h4-5,11-12H,3,6-10H2,1-2H3,(H,23,25). The second-order valence-electron chi connectivity index (χ2n) is 8.80. The summed E-state index contributed by atoms with van der Waals surface area (Å²) in [6, 6.07) is 2.11. The number of amides is 1. The van der Waals surface area contributed by atoms with E-state index in [0.717, 1.165) is 42.1 Å². The molecule has 1 amide bonds. The van der Waals surface area contributed by atoms with Gasteiger partial charge in [-0.1, -0.05) is 11.6 Å². The maximum atomic E-state index is 14.5. The van der Waals surface area contributed by atoms with Crippen molar-refractivity contribution in [2.75, 3.05) is 20.7 Å². The van der Waals surface area contributed by atoms with E-state index in [2.05, 4.69) is 0 Å². The van der Waals surface area contributed by atoms with Gasteiger partial charge in [-0.15, -0.1) is 11.6 Å². The first-order chi connectivity index (χ1) is 13.4. The summed E-state index contributed by atoms with van der Waals surface area (Å²) >= 11 is 13.2. The lowest BCUT2D eigenvalue weighted by Crippen LogP contribution is -2.40. The molecule has 1 aromatic carbocycles. The van der Waals surface area contributed by atoms with E-state index in [1.807, 2.05) is 0 Å². The van der Waals surface area contributed by atoms with Crippen LogP contribution in [0.25, 0.3) is 0 Å². The molecule has 29 heavy (non-hydrogen) atoms. The summed E-state index contributed by atoms with van der Waals surface area (Å²) in [6.07, 6.45) is 5.24. The lowest BCUT2D eigenvalue weighted by atomic mass is 9.76. The van der Waals surface area contributed by atoms with Gasteiger partial charge in [0.05, 0.1) is 22.1 Å². The number of alkyl halides is 1. The third-order valence-electron chi connectivity index (χ3n) is 6.67. The number of hydrogen-bond acceptors (Lipinski definition) is 4. The van der Waals surface area contributed by atoms with Gasteiger partial charge in [0.15, 0.2) is 0 Å². The van der Waals surface area contributed by atoms with Gasteiger partial charge in [0.1, 0.15) is 11.6 Å². The Morgan fingerprint density at radius 3 is 2.48 bits per heavy atom. The predicted molar refractivity (Wildman–Crippen MR) is 108 cm³/mol. The molecule has 0 aliphatic heterocycles. The van der Waals surface area contributed by atoms with E-state index < -0.39 is 27.5 Å². The zero-order chi connectivity index (χ0) is 21.2. The van der Waals surface area contributed by atoms with Gasteiger partial charge in [-0.3, -0.25) is 4.79 Å². The summed E-state index contributed by atoms with van der Waals surface area (Å²) in [5, 5.41) is 0.0385. The molecule has 1 N–H and O–H groups in total. The molecule has 4 fully saturated rings. The minimum atomic E-state index is -4.05. The number of nitrogens with one attached hydrogen (secondary N) is 1. The van der Waals surface area contributed by atoms with Gasteiger partial charge in [-0.05, 0) is 50.0 Å². The van der Waals surface area contributed by atoms with Crippen LogP contribution in [0, 0.1) is 23.1 Å². The van der Waals surface area contributed by atoms with Crippen LogP contribution in [0.1, 0.15) is 42.5 Å². The highest BCUT2D eigenvalue weighted by Gasteiger charge is 2.66. The zero-order valence-electron chi connectivity index (χ0n) is 16.2. The molecule has 0 saturated heterocycles. The summed E-state index contributed by atoms with van der Waals surface area (Å²) < 4.78 is 46.6. The highest BCUT2D eigenvalue weighted by molar-refractivity contribution is 7.87. The van der Waals surface area contributed by atoms with Crippen molar-refractivity contribution in [3.05, 3.63) is 28.5 Å². The Hall–Kier alpha value is -1.09. The maximum absolute atomic E-state index is 14.5. The van der Waals surface area contributed by atoms with Crippen LogP contribution in [0.3, 0.4) is 0 Å². The maximum Gasteiger partial charge on any atom is 0.303 e. The van der Waals surface area contributed by atoms with E-state index >= 15 is 0 Å². The van der Waals surface area contributed by atoms with Gasteiger partial charge in [-0.2, -0.15) is 12.7 Å². The molecule has 160 valence electrons. The molecule has 1 aromatic rings. The molecule has 5 rings (SSSR count). The highest BCUT2D eigenvalue weighted by atomic mass is 35.5. The van der Waals surface area contributed by atoms with Crippen molar-refractivity contribution >= 4 is 39.3 Å². The molecule has 4 aliphatic carbocycles. The quantitative estimate of drug-likeness (QED) is 0.652. The average Bonchev–Trinajstić information content (AvgIpc) is 2.91. The third-order valence-corrected chi connectivity index (χ3v) is 9.08. The van der Waals surface area contributed by atoms with Gasteiger partial charge in [0.2, 0.25) is 0 Å². The van der Waals surface area contributed by atoms with Crippen LogP contribution in [0.4, 0.5) is 4.39 Å². The molecular formula is C19H23Cl2FN2O4S. The van der Waals surface area contributed by atoms with Crippen LogP contribution < -0.4 is 9.46 Å². The van der Waals surface area contributed by atoms with E-state index in [4.69, 9.17) is 27.9 Å². The van der Waals surface area contributed by atoms with Crippen LogP contribution in [0.2, 0.25) is 5.02 Å². The summed E-state index contributed by atoms with van der Waals surface area (Å²) in [5.41, 5.74) is -0.599. The molecule has 0 spiro atoms. The predicted octanol–water partition coefficient (Wildman–Crippen LogP) is 3.58. The Bertz CT molecular complexity index is 955. The molecule has 4 saturated carbocycles. The normalized spacial score (nSPS) is 32.8. The Kier molecular flexibility index (Phi) is 5.08. The van der Waals surface area contributed by atoms with Gasteiger partial charge in [-0.25, -0.2) is 9.11 Å². The number of hydrogen-bond donors (Lipinski definition) is 1. The van der Waals surface area contributed by atoms with Crippen molar-refractivity contribution in [2.45, 2.75) is 37.0 Å². The summed E-state index contributed by atoms with van der Waals surface area (Å²) in [6.45, 7) is 0.350. The molecule has 6 nitrogen and oxygen atoms in total. The first kappa shape index (κ1) is 21.2. The van der Waals surface area contributed by atoms with Gasteiger partial charge in [0, 0.05) is 25.6 Å². The Labute approximate surface area is 179 Å². The number of nitrogens with zero attached hydrogens (tertiary/aromatic N) is 1. The van der Waals surface area contributed by atoms with Gasteiger partial charge in [0.25, 0.3) is 5.91 Å². The number of benzene rings is 1. The van der Waals surface area contributed by atoms with Crippen molar-refractivity contribution < 1.29 is 22.3 Å². The monoisotopic (exact) mass is 464 g/mol. The molecule has 0 heterocycles. The fraction of sp³-hybridized carbons (Fsp3) is 0.632. The van der Waals surface area contributed by atoms with E-state index in [1.54, 1.807) is 4.72 Å². The number of carbonyl (C=O) groups excluding carboxylic acids is 1. The summed E-state index contributed by atoms with van der Waals surface area (Å²) in [7, 11) is -1.54. The molecule has 4 aliphatic rings. The molecule has 0 aromatic heterocycles. The fourth-order valence-corrected chi connectivity index (χ4v) is 6.86. The first-order valence-electron chi connectivity index (χ1n) is 9.50. The van der Waals surface area contributed by atoms with E-state index in [0.29, 0.717) is 18.4 Å². The van der Waals surface area contributed by atoms with Crippen LogP contribution in [0.5, 0.6) is 5.75 Å². The molecule has 10 heteroatoms. The topological polar surface area (TPSA) is 75.7 Å². The number of rotatable bonds is 6. The van der Waals surface area contributed by atoms with Crippen molar-refractivity contribution in [1.82, 2.24) is 9.03 Å². The van der Waals surface area contributed by atoms with Crippen molar-refractivity contribution in [3.8, 4) is 5.75 Å². The lowest BCUT2D eigenvalue weighted by Gasteiger charge is -2.36. The fourth-order valence-electron chi connectivity index (χ4n) is 5.47. The average molecular weight is 465 g/mol. The Morgan fingerprint density at radius 2 is 1.90 bits per heavy atom. The third kappa shape index (κ3) is 3.52. The van der Waals surface area contributed by atoms with E-state index in [-0.39, 0.29) is 21.1 Å². The summed E-state index contributed by atoms with van der Waals surface area (Å²) in [4.78, 5) is 11.9. The van der Waals surface area contributed by atoms with Crippen LogP contribution in [-0.4, -0.2) is 44.2 Å². The summed E-state index contributed by atoms with van der Waals surface area (Å²) in [5.74, 6) is -0.640. The number of ether oxygens (including phenoxy) is 1. The molecular weight excluding hydrogens is 442 g/mol. The lowest BCUT2D eigenvalue weighted by molar-refractivity contribution is 0.0975. The van der Waals surface area contributed by atoms with Crippen LogP contribution in [-0.2, 0) is 10.2 Å². The van der Waals surface area contributed by atoms with Crippen molar-refractivity contribution in [2.24, 2.45) is 17.3 Å². The Morgan fingerprint density at radius 1 is 1.28 bits per heavy atom. The molecule has 2 unspecified atom stereocenters. The van der Waals surface area contributed by atoms with Gasteiger partial charge < -0.3 is 4.74 Å². The molecule has 4 bridgehead atoms. The number of halogens is 3. The van der Waals surface area contributed by atoms with Crippen LogP contribution >= 0.6 is 23.2 Å². The second kappa shape index (κ2) is 6.97. The second-order valence-corrected chi connectivity index (χ2v) is 11.8. The molecule has 0 radical (unpaired) electrons. The largest absolute Gasteiger partial charge is 0.491 e. The van der Waals surface area contributed by atoms with E-state index in [1.165, 1.54) is 20.5 Å². The van der Waals surface area contributed by atoms with Crippen molar-refractivity contribution in [1.29, 1.82) is 0 Å². The zero-order valence-corrected chi connectivity index (χ0v) is 18.5. The highest BCUT2D eigenvalue weighted by Crippen LogP contribution is 2.70. The van der Waals surface area contributed by atoms with Crippen molar-refractivity contribution in [3.63, 3.8) is 0 Å². The molecule has 2 atom stereocenters. The smallest absolute Gasteiger partial charge is 0.303 e. The van der Waals surface area contributed by atoms with E-state index in [9.17, 15) is 17.6 Å². The number of carbonyl (C=O) groups is 1. The SMILES string of the molecule is CN(C)S(=O)(=O)NC(=O)c1cc(Cl)c(OCC23CC4CC(CC2(Cl)C4)C3)cc1F. The minimum Gasteiger partial charge on any atom is -0.491 e. The minimum absolute atomic E-state index is 0.0385. The first-order valence-corrected chi connectivity index (χ1v) is 11.7. The Balaban J connectivity index is 1.50.